The van der Waals surface area contributed by atoms with Gasteiger partial charge in [0.25, 0.3) is 5.91 Å². The monoisotopic (exact) mass is 486 g/mol. The Labute approximate surface area is 198 Å². The first-order chi connectivity index (χ1) is 16.6. The summed E-state index contributed by atoms with van der Waals surface area (Å²) in [5.74, 6) is -2.52. The van der Waals surface area contributed by atoms with Gasteiger partial charge in [0.15, 0.2) is 6.61 Å². The Bertz CT molecular complexity index is 1200. The van der Waals surface area contributed by atoms with Crippen molar-refractivity contribution in [2.75, 3.05) is 16.8 Å². The van der Waals surface area contributed by atoms with Crippen LogP contribution in [0.5, 0.6) is 0 Å². The minimum absolute atomic E-state index is 0.00613. The van der Waals surface area contributed by atoms with Gasteiger partial charge in [0.05, 0.1) is 34.3 Å². The van der Waals surface area contributed by atoms with Crippen molar-refractivity contribution in [3.63, 3.8) is 0 Å². The zero-order valence-electron chi connectivity index (χ0n) is 18.4. The number of halogens is 3. The van der Waals surface area contributed by atoms with Crippen LogP contribution in [0.4, 0.5) is 24.5 Å². The first-order valence-electron chi connectivity index (χ1n) is 11.3. The Morgan fingerprint density at radius 2 is 1.63 bits per heavy atom. The van der Waals surface area contributed by atoms with Crippen molar-refractivity contribution < 1.29 is 37.1 Å². The van der Waals surface area contributed by atoms with Gasteiger partial charge in [-0.15, -0.1) is 0 Å². The van der Waals surface area contributed by atoms with Crippen molar-refractivity contribution >= 4 is 35.1 Å². The van der Waals surface area contributed by atoms with Crippen LogP contribution >= 0.6 is 0 Å². The largest absolute Gasteiger partial charge is 0.452 e. The highest BCUT2D eigenvalue weighted by molar-refractivity contribution is 6.22. The number of rotatable bonds is 5. The summed E-state index contributed by atoms with van der Waals surface area (Å²) in [5, 5.41) is 2.09. The maximum atomic E-state index is 13.1. The molecule has 0 spiro atoms. The van der Waals surface area contributed by atoms with Crippen molar-refractivity contribution in [1.82, 2.24) is 0 Å². The molecule has 1 N–H and O–H groups in total. The number of esters is 1. The second kappa shape index (κ2) is 8.51. The third-order valence-corrected chi connectivity index (χ3v) is 7.11. The standard InChI is InChI=1S/C25H21F3N2O5/c26-25(27,28)17-6-1-2-7-18(17)29-19(31)12-35-24(34)15-4-3-5-16(11-15)30-22(32)20-13-8-9-14(10-13)21(20)23(30)33/h1-7,11,13-14,20-21H,8-10,12H2,(H,29,31)/t13-,14-,20+,21+/m0/s1. The van der Waals surface area contributed by atoms with E-state index in [1.165, 1.54) is 30.3 Å². The fourth-order valence-corrected chi connectivity index (χ4v) is 5.68. The molecule has 2 aromatic carbocycles. The van der Waals surface area contributed by atoms with Gasteiger partial charge in [-0.05, 0) is 61.4 Å². The number of para-hydroxylation sites is 1. The number of hydrogen-bond acceptors (Lipinski definition) is 5. The Balaban J connectivity index is 1.25. The highest BCUT2D eigenvalue weighted by atomic mass is 19.4. The number of nitrogens with zero attached hydrogens (tertiary/aromatic N) is 1. The van der Waals surface area contributed by atoms with Gasteiger partial charge >= 0.3 is 12.1 Å². The van der Waals surface area contributed by atoms with E-state index in [1.807, 2.05) is 0 Å². The first-order valence-corrected chi connectivity index (χ1v) is 11.3. The summed E-state index contributed by atoms with van der Waals surface area (Å²) in [6.07, 6.45) is -1.87. The van der Waals surface area contributed by atoms with E-state index in [0.29, 0.717) is 0 Å². The molecule has 2 saturated carbocycles. The molecular formula is C25H21F3N2O5. The van der Waals surface area contributed by atoms with E-state index in [0.717, 1.165) is 36.3 Å². The molecule has 0 unspecified atom stereocenters. The number of ether oxygens (including phenoxy) is 1. The molecule has 1 aliphatic heterocycles. The Morgan fingerprint density at radius 1 is 0.971 bits per heavy atom. The maximum absolute atomic E-state index is 13.1. The van der Waals surface area contributed by atoms with Crippen LogP contribution in [0.1, 0.15) is 35.2 Å². The SMILES string of the molecule is O=C(COC(=O)c1cccc(N2C(=O)[C@@H]3[C@H]4CC[C@@H](C4)[C@H]3C2=O)c1)Nc1ccccc1C(F)(F)F. The summed E-state index contributed by atoms with van der Waals surface area (Å²) in [7, 11) is 0. The van der Waals surface area contributed by atoms with Crippen LogP contribution in [0.25, 0.3) is 0 Å². The molecule has 7 nitrogen and oxygen atoms in total. The molecule has 0 radical (unpaired) electrons. The van der Waals surface area contributed by atoms with E-state index in [9.17, 15) is 32.3 Å². The van der Waals surface area contributed by atoms with E-state index in [-0.39, 0.29) is 46.7 Å². The number of fused-ring (bicyclic) bond motifs is 5. The lowest BCUT2D eigenvalue weighted by Crippen LogP contribution is -2.32. The lowest BCUT2D eigenvalue weighted by Gasteiger charge is -2.19. The van der Waals surface area contributed by atoms with Crippen LogP contribution in [0.15, 0.2) is 48.5 Å². The van der Waals surface area contributed by atoms with Crippen molar-refractivity contribution in [2.45, 2.75) is 25.4 Å². The van der Waals surface area contributed by atoms with Crippen LogP contribution < -0.4 is 10.2 Å². The second-order valence-electron chi connectivity index (χ2n) is 9.11. The minimum atomic E-state index is -4.66. The molecule has 10 heteroatoms. The summed E-state index contributed by atoms with van der Waals surface area (Å²) in [4.78, 5) is 51.8. The molecule has 2 bridgehead atoms. The van der Waals surface area contributed by atoms with Crippen molar-refractivity contribution in [1.29, 1.82) is 0 Å². The topological polar surface area (TPSA) is 92.8 Å². The van der Waals surface area contributed by atoms with E-state index < -0.39 is 35.9 Å². The van der Waals surface area contributed by atoms with E-state index in [2.05, 4.69) is 5.32 Å². The van der Waals surface area contributed by atoms with Crippen molar-refractivity contribution in [3.8, 4) is 0 Å². The van der Waals surface area contributed by atoms with Crippen LogP contribution in [0.2, 0.25) is 0 Å². The average Bonchev–Trinajstić information content (AvgIpc) is 3.51. The number of amides is 3. The molecule has 5 rings (SSSR count). The highest BCUT2D eigenvalue weighted by Crippen LogP contribution is 2.56. The predicted octanol–water partition coefficient (Wildman–Crippen LogP) is 4.04. The Morgan fingerprint density at radius 3 is 2.29 bits per heavy atom. The fraction of sp³-hybridized carbons (Fsp3) is 0.360. The molecule has 2 aliphatic carbocycles. The second-order valence-corrected chi connectivity index (χ2v) is 9.11. The minimum Gasteiger partial charge on any atom is -0.452 e. The zero-order chi connectivity index (χ0) is 24.9. The molecule has 3 amide bonds. The number of alkyl halides is 3. The number of carbonyl (C=O) groups is 4. The maximum Gasteiger partial charge on any atom is 0.418 e. The number of benzene rings is 2. The van der Waals surface area contributed by atoms with Crippen LogP contribution in [-0.4, -0.2) is 30.3 Å². The van der Waals surface area contributed by atoms with Gasteiger partial charge in [-0.1, -0.05) is 18.2 Å². The van der Waals surface area contributed by atoms with Gasteiger partial charge < -0.3 is 10.1 Å². The summed E-state index contributed by atoms with van der Waals surface area (Å²) < 4.78 is 44.2. The van der Waals surface area contributed by atoms with Crippen LogP contribution in [-0.2, 0) is 25.3 Å². The number of anilines is 2. The molecule has 182 valence electrons. The number of imide groups is 1. The molecule has 4 atom stereocenters. The van der Waals surface area contributed by atoms with Gasteiger partial charge in [0.2, 0.25) is 11.8 Å². The van der Waals surface area contributed by atoms with E-state index in [4.69, 9.17) is 4.74 Å². The molecule has 3 aliphatic rings. The highest BCUT2D eigenvalue weighted by Gasteiger charge is 2.61. The molecule has 1 saturated heterocycles. The third-order valence-electron chi connectivity index (χ3n) is 7.11. The summed E-state index contributed by atoms with van der Waals surface area (Å²) in [6, 6.07) is 10.2. The lowest BCUT2D eigenvalue weighted by molar-refractivity contribution is -0.137. The number of carbonyl (C=O) groups excluding carboxylic acids is 4. The van der Waals surface area contributed by atoms with Crippen LogP contribution in [0, 0.1) is 23.7 Å². The van der Waals surface area contributed by atoms with E-state index >= 15 is 0 Å². The molecule has 3 fully saturated rings. The Kier molecular flexibility index (Phi) is 5.61. The van der Waals surface area contributed by atoms with Gasteiger partial charge in [-0.2, -0.15) is 13.2 Å². The predicted molar refractivity (Wildman–Crippen MR) is 117 cm³/mol. The van der Waals surface area contributed by atoms with Gasteiger partial charge in [-0.3, -0.25) is 19.3 Å². The van der Waals surface area contributed by atoms with Gasteiger partial charge in [-0.25, -0.2) is 4.79 Å². The van der Waals surface area contributed by atoms with Crippen molar-refractivity contribution in [3.05, 3.63) is 59.7 Å². The van der Waals surface area contributed by atoms with Gasteiger partial charge in [0, 0.05) is 0 Å². The molecule has 2 aromatic rings. The summed E-state index contributed by atoms with van der Waals surface area (Å²) in [6.45, 7) is -0.815. The number of nitrogens with one attached hydrogen (secondary N) is 1. The fourth-order valence-electron chi connectivity index (χ4n) is 5.68. The first kappa shape index (κ1) is 23.1. The van der Waals surface area contributed by atoms with E-state index in [1.54, 1.807) is 6.07 Å². The molecule has 35 heavy (non-hydrogen) atoms. The molecule has 0 aromatic heterocycles. The quantitative estimate of drug-likeness (QED) is 0.509. The lowest BCUT2D eigenvalue weighted by atomic mass is 9.81. The number of hydrogen-bond donors (Lipinski definition) is 1. The summed E-state index contributed by atoms with van der Waals surface area (Å²) in [5.41, 5.74) is -1.21. The van der Waals surface area contributed by atoms with Crippen LogP contribution in [0.3, 0.4) is 0 Å². The van der Waals surface area contributed by atoms with Gasteiger partial charge in [0.1, 0.15) is 0 Å². The summed E-state index contributed by atoms with van der Waals surface area (Å²) >= 11 is 0. The molecule has 1 heterocycles. The zero-order valence-corrected chi connectivity index (χ0v) is 18.4. The Hall–Kier alpha value is -3.69. The van der Waals surface area contributed by atoms with Crippen molar-refractivity contribution in [2.24, 2.45) is 23.7 Å². The smallest absolute Gasteiger partial charge is 0.418 e. The normalized spacial score (nSPS) is 25.1. The third kappa shape index (κ3) is 4.06. The average molecular weight is 486 g/mol. The molecular weight excluding hydrogens is 465 g/mol.